The van der Waals surface area contributed by atoms with Crippen molar-refractivity contribution in [3.05, 3.63) is 75.2 Å². The summed E-state index contributed by atoms with van der Waals surface area (Å²) in [6.45, 7) is -0.292. The number of carbonyl (C=O) groups excluding carboxylic acids is 3. The van der Waals surface area contributed by atoms with Crippen molar-refractivity contribution in [2.75, 3.05) is 24.8 Å². The summed E-state index contributed by atoms with van der Waals surface area (Å²) in [5.41, 5.74) is -0.422. The number of benzene rings is 1. The van der Waals surface area contributed by atoms with Gasteiger partial charge in [-0.3, -0.25) is 29.4 Å². The molecular formula is C26H23N7O8S3. The first-order valence-electron chi connectivity index (χ1n) is 12.7. The Morgan fingerprint density at radius 2 is 2.05 bits per heavy atom. The molecule has 1 fully saturated rings. The Morgan fingerprint density at radius 3 is 2.73 bits per heavy atom. The molecule has 0 aliphatic carbocycles. The molecule has 1 unspecified atom stereocenters. The van der Waals surface area contributed by atoms with E-state index in [-0.39, 0.29) is 40.9 Å². The summed E-state index contributed by atoms with van der Waals surface area (Å²) in [6, 6.07) is 11.5. The first kappa shape index (κ1) is 30.8. The highest BCUT2D eigenvalue weighted by atomic mass is 32.2. The van der Waals surface area contributed by atoms with Gasteiger partial charge in [-0.1, -0.05) is 46.9 Å². The molecule has 3 amide bonds. The lowest BCUT2D eigenvalue weighted by Crippen LogP contribution is -2.61. The fourth-order valence-electron chi connectivity index (χ4n) is 4.30. The standard InChI is InChI=1S/C26H23N7O8S3/c1-40-27-10-18(35)30-26(16-13-43-25(28-16)29-19(36)11-41-14-5-3-2-4-6-14)15(12-42-20-8-7-17(34)31-32-20)23(24(38)39)33-21(37)9-22(33)44-26/h2-8,10,13,22H,9,11-12H2,1H3,(H,30,35)(H,31,34)(H,38,39)(H,28,29,36)/t22-,26?/m0/s1. The molecule has 2 aromatic heterocycles. The number of thiazole rings is 1. The Bertz CT molecular complexity index is 1690. The quantitative estimate of drug-likeness (QED) is 0.0949. The second-order valence-corrected chi connectivity index (χ2v) is 12.2. The van der Waals surface area contributed by atoms with Crippen LogP contribution in [0, 0.1) is 0 Å². The van der Waals surface area contributed by atoms with Gasteiger partial charge < -0.3 is 20.0 Å². The first-order chi connectivity index (χ1) is 21.2. The summed E-state index contributed by atoms with van der Waals surface area (Å²) < 4.78 is 5.49. The normalized spacial score (nSPS) is 19.2. The van der Waals surface area contributed by atoms with Crippen LogP contribution < -0.4 is 20.9 Å². The third-order valence-corrected chi connectivity index (χ3v) is 9.46. The van der Waals surface area contributed by atoms with Crippen LogP contribution >= 0.6 is 34.9 Å². The van der Waals surface area contributed by atoms with Gasteiger partial charge in [-0.2, -0.15) is 5.10 Å². The first-order valence-corrected chi connectivity index (χ1v) is 15.4. The van der Waals surface area contributed by atoms with Crippen molar-refractivity contribution in [2.45, 2.75) is 21.7 Å². The monoisotopic (exact) mass is 657 g/mol. The van der Waals surface area contributed by atoms with E-state index in [1.807, 2.05) is 6.07 Å². The maximum atomic E-state index is 13.1. The lowest BCUT2D eigenvalue weighted by Gasteiger charge is -2.51. The number of para-hydroxylation sites is 1. The molecular weight excluding hydrogens is 635 g/mol. The number of carboxylic acids is 1. The lowest BCUT2D eigenvalue weighted by atomic mass is 9.98. The number of fused-ring (bicyclic) bond motifs is 1. The number of aromatic amines is 1. The minimum absolute atomic E-state index is 0.0255. The number of thioether (sulfide) groups is 2. The summed E-state index contributed by atoms with van der Waals surface area (Å²) in [5.74, 6) is -2.59. The van der Waals surface area contributed by atoms with E-state index in [9.17, 15) is 29.1 Å². The molecule has 4 N–H and O–H groups in total. The number of β-lactam (4-membered cyclic amide) rings is 1. The number of aromatic nitrogens is 3. The van der Waals surface area contributed by atoms with Gasteiger partial charge in [0.25, 0.3) is 17.4 Å². The van der Waals surface area contributed by atoms with Gasteiger partial charge in [-0.15, -0.1) is 11.3 Å². The number of ether oxygens (including phenoxy) is 1. The minimum Gasteiger partial charge on any atom is -0.484 e. The van der Waals surface area contributed by atoms with Crippen molar-refractivity contribution in [1.82, 2.24) is 25.4 Å². The van der Waals surface area contributed by atoms with Gasteiger partial charge in [0.2, 0.25) is 5.91 Å². The molecule has 2 atom stereocenters. The molecule has 2 aliphatic rings. The number of H-pyrrole nitrogens is 1. The van der Waals surface area contributed by atoms with Crippen molar-refractivity contribution in [3.63, 3.8) is 0 Å². The number of carbonyl (C=O) groups is 4. The number of hydrogen-bond acceptors (Lipinski definition) is 13. The van der Waals surface area contributed by atoms with Crippen LogP contribution in [0.1, 0.15) is 12.1 Å². The maximum Gasteiger partial charge on any atom is 0.352 e. The number of carboxylic acid groups (broad SMARTS) is 1. The van der Waals surface area contributed by atoms with E-state index >= 15 is 0 Å². The van der Waals surface area contributed by atoms with Crippen molar-refractivity contribution in [1.29, 1.82) is 0 Å². The lowest BCUT2D eigenvalue weighted by molar-refractivity contribution is -0.146. The molecule has 3 aromatic rings. The fraction of sp³-hybridized carbons (Fsp3) is 0.231. The summed E-state index contributed by atoms with van der Waals surface area (Å²) in [4.78, 5) is 71.3. The highest BCUT2D eigenvalue weighted by molar-refractivity contribution is 8.01. The molecule has 228 valence electrons. The molecule has 1 saturated heterocycles. The fourth-order valence-corrected chi connectivity index (χ4v) is 7.82. The Labute approximate surface area is 261 Å². The van der Waals surface area contributed by atoms with Gasteiger partial charge in [-0.05, 0) is 18.2 Å². The number of nitrogens with one attached hydrogen (secondary N) is 3. The SMILES string of the molecule is CON=CC(=O)NC1(c2csc(NC(=O)COc3ccccc3)n2)S[C@H]2CC(=O)N2C(C(=O)O)=C1CSc1ccc(=O)[nH]n1. The molecule has 1 aromatic carbocycles. The Balaban J connectivity index is 1.52. The maximum absolute atomic E-state index is 13.1. The number of nitrogens with zero attached hydrogens (tertiary/aromatic N) is 4. The van der Waals surface area contributed by atoms with Crippen molar-refractivity contribution in [3.8, 4) is 5.75 Å². The van der Waals surface area contributed by atoms with Gasteiger partial charge in [-0.25, -0.2) is 14.9 Å². The molecule has 2 aliphatic heterocycles. The smallest absolute Gasteiger partial charge is 0.352 e. The zero-order chi connectivity index (χ0) is 31.3. The van der Waals surface area contributed by atoms with Gasteiger partial charge in [0.1, 0.15) is 29.8 Å². The van der Waals surface area contributed by atoms with E-state index in [4.69, 9.17) is 4.74 Å². The summed E-state index contributed by atoms with van der Waals surface area (Å²) in [7, 11) is 1.26. The topological polar surface area (TPSA) is 205 Å². The summed E-state index contributed by atoms with van der Waals surface area (Å²) >= 11 is 3.25. The van der Waals surface area contributed by atoms with E-state index in [0.717, 1.165) is 41.1 Å². The van der Waals surface area contributed by atoms with Crippen LogP contribution in [-0.4, -0.2) is 79.9 Å². The Morgan fingerprint density at radius 1 is 1.25 bits per heavy atom. The average molecular weight is 658 g/mol. The van der Waals surface area contributed by atoms with Crippen LogP contribution in [0.5, 0.6) is 5.75 Å². The molecule has 18 heteroatoms. The largest absolute Gasteiger partial charge is 0.484 e. The van der Waals surface area contributed by atoms with E-state index < -0.39 is 39.5 Å². The predicted octanol–water partition coefficient (Wildman–Crippen LogP) is 1.58. The Kier molecular flexibility index (Phi) is 9.31. The average Bonchev–Trinajstić information content (AvgIpc) is 3.48. The summed E-state index contributed by atoms with van der Waals surface area (Å²) in [6.07, 6.45) is 0.906. The Hall–Kier alpha value is -4.68. The number of aliphatic carboxylic acids is 1. The van der Waals surface area contributed by atoms with Crippen molar-refractivity contribution in [2.24, 2.45) is 5.16 Å². The third kappa shape index (κ3) is 6.61. The van der Waals surface area contributed by atoms with Crippen molar-refractivity contribution < 1.29 is 33.9 Å². The van der Waals surface area contributed by atoms with Gasteiger partial charge in [0, 0.05) is 22.8 Å². The number of amides is 3. The molecule has 0 bridgehead atoms. The van der Waals surface area contributed by atoms with E-state index in [2.05, 4.69) is 35.8 Å². The van der Waals surface area contributed by atoms with E-state index in [0.29, 0.717) is 10.8 Å². The van der Waals surface area contributed by atoms with E-state index in [1.165, 1.54) is 24.1 Å². The van der Waals surface area contributed by atoms with Gasteiger partial charge in [0.05, 0.1) is 17.5 Å². The van der Waals surface area contributed by atoms with Crippen molar-refractivity contribution >= 4 is 69.9 Å². The molecule has 0 saturated carbocycles. The highest BCUT2D eigenvalue weighted by Gasteiger charge is 2.57. The van der Waals surface area contributed by atoms with Gasteiger partial charge in [0.15, 0.2) is 16.6 Å². The molecule has 44 heavy (non-hydrogen) atoms. The third-order valence-electron chi connectivity index (χ3n) is 6.19. The van der Waals surface area contributed by atoms with E-state index in [1.54, 1.807) is 29.6 Å². The summed E-state index contributed by atoms with van der Waals surface area (Å²) in [5, 5.41) is 27.1. The molecule has 5 rings (SSSR count). The molecule has 0 spiro atoms. The second-order valence-electron chi connectivity index (χ2n) is 9.00. The van der Waals surface area contributed by atoms with Crippen LogP contribution in [0.4, 0.5) is 5.13 Å². The zero-order valence-corrected chi connectivity index (χ0v) is 25.2. The predicted molar refractivity (Wildman–Crippen MR) is 161 cm³/mol. The minimum atomic E-state index is -1.62. The second kappa shape index (κ2) is 13.3. The van der Waals surface area contributed by atoms with Crippen LogP contribution in [0.15, 0.2) is 74.1 Å². The highest BCUT2D eigenvalue weighted by Crippen LogP contribution is 2.55. The van der Waals surface area contributed by atoms with Crippen LogP contribution in [0.2, 0.25) is 0 Å². The number of rotatable bonds is 12. The van der Waals surface area contributed by atoms with Gasteiger partial charge >= 0.3 is 5.97 Å². The zero-order valence-electron chi connectivity index (χ0n) is 22.7. The van der Waals surface area contributed by atoms with Crippen LogP contribution in [0.3, 0.4) is 0 Å². The molecule has 4 heterocycles. The molecule has 0 radical (unpaired) electrons. The number of anilines is 1. The van der Waals surface area contributed by atoms with Crippen LogP contribution in [-0.2, 0) is 28.9 Å². The number of hydrogen-bond donors (Lipinski definition) is 4. The number of oxime groups is 1. The van der Waals surface area contributed by atoms with Crippen LogP contribution in [0.25, 0.3) is 0 Å². The molecule has 15 nitrogen and oxygen atoms in total.